The van der Waals surface area contributed by atoms with E-state index in [2.05, 4.69) is 35.1 Å². The quantitative estimate of drug-likeness (QED) is 0.701. The van der Waals surface area contributed by atoms with Gasteiger partial charge in [-0.05, 0) is 46.8 Å². The molecule has 2 fully saturated rings. The summed E-state index contributed by atoms with van der Waals surface area (Å²) in [7, 11) is 0. The van der Waals surface area contributed by atoms with Crippen LogP contribution in [0.15, 0.2) is 16.6 Å². The van der Waals surface area contributed by atoms with E-state index < -0.39 is 11.7 Å². The van der Waals surface area contributed by atoms with Gasteiger partial charge in [0, 0.05) is 12.1 Å². The minimum Gasteiger partial charge on any atom is -0.508 e. The molecule has 1 spiro atoms. The molecule has 2 aliphatic rings. The number of carbonyl (C=O) groups excluding carboxylic acids is 1. The van der Waals surface area contributed by atoms with Gasteiger partial charge in [-0.2, -0.15) is 0 Å². The Morgan fingerprint density at radius 1 is 1.35 bits per heavy atom. The van der Waals surface area contributed by atoms with Gasteiger partial charge >= 0.3 is 0 Å². The summed E-state index contributed by atoms with van der Waals surface area (Å²) in [6.45, 7) is 4.76. The molecule has 126 valence electrons. The first kappa shape index (κ1) is 16.6. The summed E-state index contributed by atoms with van der Waals surface area (Å²) in [6, 6.07) is 2.99. The molecule has 1 aliphatic heterocycles. The lowest BCUT2D eigenvalue weighted by Gasteiger charge is -2.27. The lowest BCUT2D eigenvalue weighted by atomic mass is 9.98. The van der Waals surface area contributed by atoms with Crippen LogP contribution in [0.2, 0.25) is 0 Å². The summed E-state index contributed by atoms with van der Waals surface area (Å²) in [5, 5.41) is 23.8. The van der Waals surface area contributed by atoms with E-state index in [1.807, 2.05) is 4.90 Å². The standard InChI is InChI=1S/C17H23BrN2O3/c1-10(2)9-20-15(12-7-11(21)8-13(18)14(12)22)19-17(16(20)23)5-3-4-6-17/h7-8,10,15,19,21-22H,3-6,9H2,1-2H3/t15-/m1/s1. The van der Waals surface area contributed by atoms with Crippen LogP contribution in [-0.4, -0.2) is 33.1 Å². The van der Waals surface area contributed by atoms with Crippen molar-refractivity contribution in [3.63, 3.8) is 0 Å². The van der Waals surface area contributed by atoms with E-state index in [1.54, 1.807) is 0 Å². The number of aromatic hydroxyl groups is 2. The van der Waals surface area contributed by atoms with Gasteiger partial charge in [0.25, 0.3) is 0 Å². The van der Waals surface area contributed by atoms with Gasteiger partial charge in [0.1, 0.15) is 17.7 Å². The maximum atomic E-state index is 13.0. The van der Waals surface area contributed by atoms with Gasteiger partial charge in [-0.3, -0.25) is 10.1 Å². The Kier molecular flexibility index (Phi) is 4.31. The number of halogens is 1. The Labute approximate surface area is 144 Å². The van der Waals surface area contributed by atoms with E-state index in [1.165, 1.54) is 12.1 Å². The molecule has 0 radical (unpaired) electrons. The van der Waals surface area contributed by atoms with Crippen molar-refractivity contribution in [3.05, 3.63) is 22.2 Å². The lowest BCUT2D eigenvalue weighted by Crippen LogP contribution is -2.44. The smallest absolute Gasteiger partial charge is 0.244 e. The fourth-order valence-corrected chi connectivity index (χ4v) is 4.23. The lowest BCUT2D eigenvalue weighted by molar-refractivity contribution is -0.133. The van der Waals surface area contributed by atoms with Gasteiger partial charge in [0.05, 0.1) is 10.0 Å². The van der Waals surface area contributed by atoms with Crippen LogP contribution in [0, 0.1) is 5.92 Å². The second kappa shape index (κ2) is 5.98. The number of phenolic OH excluding ortho intramolecular Hbond substituents is 2. The first-order valence-corrected chi connectivity index (χ1v) is 8.93. The van der Waals surface area contributed by atoms with Gasteiger partial charge in [0.15, 0.2) is 0 Å². The van der Waals surface area contributed by atoms with Gasteiger partial charge in [-0.1, -0.05) is 26.7 Å². The molecule has 6 heteroatoms. The molecule has 3 N–H and O–H groups in total. The maximum absolute atomic E-state index is 13.0. The molecular weight excluding hydrogens is 360 g/mol. The highest BCUT2D eigenvalue weighted by atomic mass is 79.9. The number of nitrogens with one attached hydrogen (secondary N) is 1. The molecule has 3 rings (SSSR count). The maximum Gasteiger partial charge on any atom is 0.244 e. The van der Waals surface area contributed by atoms with Crippen LogP contribution in [0.1, 0.15) is 51.3 Å². The van der Waals surface area contributed by atoms with Gasteiger partial charge in [0.2, 0.25) is 5.91 Å². The van der Waals surface area contributed by atoms with E-state index in [0.29, 0.717) is 22.5 Å². The summed E-state index contributed by atoms with van der Waals surface area (Å²) >= 11 is 3.26. The highest BCUT2D eigenvalue weighted by Gasteiger charge is 2.53. The van der Waals surface area contributed by atoms with Crippen molar-refractivity contribution in [1.82, 2.24) is 10.2 Å². The third kappa shape index (κ3) is 2.83. The Bertz CT molecular complexity index is 627. The van der Waals surface area contributed by atoms with E-state index in [9.17, 15) is 15.0 Å². The highest BCUT2D eigenvalue weighted by Crippen LogP contribution is 2.45. The molecule has 1 amide bonds. The van der Waals surface area contributed by atoms with Crippen LogP contribution < -0.4 is 5.32 Å². The number of benzene rings is 1. The van der Waals surface area contributed by atoms with Crippen LogP contribution in [-0.2, 0) is 4.79 Å². The van der Waals surface area contributed by atoms with Gasteiger partial charge < -0.3 is 15.1 Å². The van der Waals surface area contributed by atoms with Crippen molar-refractivity contribution in [2.45, 2.75) is 51.2 Å². The van der Waals surface area contributed by atoms with E-state index in [4.69, 9.17) is 0 Å². The fourth-order valence-electron chi connectivity index (χ4n) is 3.77. The van der Waals surface area contributed by atoms with Crippen molar-refractivity contribution in [3.8, 4) is 11.5 Å². The van der Waals surface area contributed by atoms with E-state index in [-0.39, 0.29) is 17.4 Å². The zero-order valence-corrected chi connectivity index (χ0v) is 15.1. The largest absolute Gasteiger partial charge is 0.508 e. The van der Waals surface area contributed by atoms with Crippen molar-refractivity contribution in [2.24, 2.45) is 5.92 Å². The zero-order valence-electron chi connectivity index (χ0n) is 13.5. The third-order valence-electron chi connectivity index (χ3n) is 4.79. The molecule has 1 heterocycles. The zero-order chi connectivity index (χ0) is 16.8. The average molecular weight is 383 g/mol. The molecule has 1 aliphatic carbocycles. The van der Waals surface area contributed by atoms with Crippen LogP contribution >= 0.6 is 15.9 Å². The Morgan fingerprint density at radius 2 is 2.00 bits per heavy atom. The predicted octanol–water partition coefficient (Wildman–Crippen LogP) is 3.26. The van der Waals surface area contributed by atoms with Crippen molar-refractivity contribution >= 4 is 21.8 Å². The third-order valence-corrected chi connectivity index (χ3v) is 5.39. The highest BCUT2D eigenvalue weighted by molar-refractivity contribution is 9.10. The monoisotopic (exact) mass is 382 g/mol. The number of rotatable bonds is 3. The van der Waals surface area contributed by atoms with Crippen molar-refractivity contribution in [2.75, 3.05) is 6.54 Å². The normalized spacial score (nSPS) is 23.4. The summed E-state index contributed by atoms with van der Waals surface area (Å²) in [4.78, 5) is 14.9. The minimum absolute atomic E-state index is 0.0655. The SMILES string of the molecule is CC(C)CN1C(=O)C2(CCCC2)N[C@H]1c1cc(O)cc(Br)c1O. The van der Waals surface area contributed by atoms with Crippen molar-refractivity contribution in [1.29, 1.82) is 0 Å². The van der Waals surface area contributed by atoms with Crippen molar-refractivity contribution < 1.29 is 15.0 Å². The molecular formula is C17H23BrN2O3. The average Bonchev–Trinajstić information content (AvgIpc) is 3.04. The summed E-state index contributed by atoms with van der Waals surface area (Å²) in [6.07, 6.45) is 3.33. The molecule has 0 aromatic heterocycles. The van der Waals surface area contributed by atoms with Crippen LogP contribution in [0.25, 0.3) is 0 Å². The minimum atomic E-state index is -0.510. The topological polar surface area (TPSA) is 72.8 Å². The Morgan fingerprint density at radius 3 is 2.61 bits per heavy atom. The van der Waals surface area contributed by atoms with Crippen LogP contribution in [0.4, 0.5) is 0 Å². The fraction of sp³-hybridized carbons (Fsp3) is 0.588. The number of hydrogen-bond acceptors (Lipinski definition) is 4. The number of carbonyl (C=O) groups is 1. The van der Waals surface area contributed by atoms with Crippen LogP contribution in [0.5, 0.6) is 11.5 Å². The van der Waals surface area contributed by atoms with Gasteiger partial charge in [-0.25, -0.2) is 0 Å². The van der Waals surface area contributed by atoms with Gasteiger partial charge in [-0.15, -0.1) is 0 Å². The molecule has 1 aromatic carbocycles. The molecule has 0 bridgehead atoms. The van der Waals surface area contributed by atoms with E-state index >= 15 is 0 Å². The summed E-state index contributed by atoms with van der Waals surface area (Å²) in [5.74, 6) is 0.572. The number of amides is 1. The van der Waals surface area contributed by atoms with E-state index in [0.717, 1.165) is 25.7 Å². The summed E-state index contributed by atoms with van der Waals surface area (Å²) in [5.41, 5.74) is 0.0267. The molecule has 23 heavy (non-hydrogen) atoms. The van der Waals surface area contributed by atoms with Crippen LogP contribution in [0.3, 0.4) is 0 Å². The number of nitrogens with zero attached hydrogens (tertiary/aromatic N) is 1. The first-order chi connectivity index (χ1) is 10.8. The molecule has 1 atom stereocenters. The molecule has 5 nitrogen and oxygen atoms in total. The molecule has 1 saturated heterocycles. The molecule has 1 saturated carbocycles. The second-order valence-electron chi connectivity index (χ2n) is 7.05. The summed E-state index contributed by atoms with van der Waals surface area (Å²) < 4.78 is 0.429. The number of phenols is 2. The first-order valence-electron chi connectivity index (χ1n) is 8.14. The predicted molar refractivity (Wildman–Crippen MR) is 91.1 cm³/mol. The Hall–Kier alpha value is -1.27. The molecule has 0 unspecified atom stereocenters. The number of hydrogen-bond donors (Lipinski definition) is 3. The Balaban J connectivity index is 2.03. The molecule has 1 aromatic rings. The second-order valence-corrected chi connectivity index (χ2v) is 7.91.